The predicted octanol–water partition coefficient (Wildman–Crippen LogP) is 14.6. The van der Waals surface area contributed by atoms with Crippen LogP contribution in [0.3, 0.4) is 0 Å². The highest BCUT2D eigenvalue weighted by atomic mass is 127. The standard InChI is InChI=1S/C41H32I2N2S2/c1-5-27-17-20-28(21-18-27)44(42)36-14-8-12-33-37-30(22-16-26(4)39(37)47-41(33)36)34-23-29(19-15-24(34)2)45(43)35-13-7-11-32-31-10-6-9-25(3)38(31)46-40(32)35/h6-23H,5H2,1-4H3. The summed E-state index contributed by atoms with van der Waals surface area (Å²) in [4.78, 5) is 0. The molecule has 2 nitrogen and oxygen atoms in total. The average Bonchev–Trinajstić information content (AvgIpc) is 3.69. The molecule has 8 aromatic rings. The zero-order valence-corrected chi connectivity index (χ0v) is 32.5. The number of aryl methyl sites for hydroxylation is 4. The first-order valence-corrected chi connectivity index (χ1v) is 19.4. The minimum atomic E-state index is 1.05. The van der Waals surface area contributed by atoms with E-state index >= 15 is 0 Å². The van der Waals surface area contributed by atoms with Crippen LogP contribution >= 0.6 is 68.4 Å². The maximum atomic E-state index is 2.50. The third kappa shape index (κ3) is 5.23. The Kier molecular flexibility index (Phi) is 8.19. The van der Waals surface area contributed by atoms with Crippen molar-refractivity contribution in [2.45, 2.75) is 34.1 Å². The Hall–Kier alpha value is -3.18. The van der Waals surface area contributed by atoms with Gasteiger partial charge in [0, 0.05) is 30.9 Å². The molecule has 47 heavy (non-hydrogen) atoms. The summed E-state index contributed by atoms with van der Waals surface area (Å²) in [6.07, 6.45) is 1.05. The molecule has 0 aliphatic heterocycles. The summed E-state index contributed by atoms with van der Waals surface area (Å²) < 4.78 is 10.0. The Morgan fingerprint density at radius 2 is 1.06 bits per heavy atom. The highest BCUT2D eigenvalue weighted by Gasteiger charge is 2.20. The highest BCUT2D eigenvalue weighted by molar-refractivity contribution is 14.1. The van der Waals surface area contributed by atoms with Crippen LogP contribution in [0.4, 0.5) is 22.7 Å². The number of thiophene rings is 2. The Morgan fingerprint density at radius 3 is 1.79 bits per heavy atom. The highest BCUT2D eigenvalue weighted by Crippen LogP contribution is 2.49. The van der Waals surface area contributed by atoms with E-state index in [9.17, 15) is 0 Å². The van der Waals surface area contributed by atoms with Crippen LogP contribution in [-0.4, -0.2) is 0 Å². The van der Waals surface area contributed by atoms with Crippen LogP contribution < -0.4 is 6.23 Å². The quantitative estimate of drug-likeness (QED) is 0.121. The molecule has 0 saturated carbocycles. The molecule has 8 rings (SSSR count). The fourth-order valence-corrected chi connectivity index (χ4v) is 11.0. The van der Waals surface area contributed by atoms with Gasteiger partial charge in [-0.2, -0.15) is 0 Å². The summed E-state index contributed by atoms with van der Waals surface area (Å²) >= 11 is 8.78. The summed E-state index contributed by atoms with van der Waals surface area (Å²) in [7, 11) is 0. The molecule has 0 atom stereocenters. The largest absolute Gasteiger partial charge is 0.282 e. The molecule has 0 radical (unpaired) electrons. The zero-order valence-electron chi connectivity index (χ0n) is 26.6. The van der Waals surface area contributed by atoms with Crippen molar-refractivity contribution >= 4 is 131 Å². The Bertz CT molecular complexity index is 2480. The molecule has 6 aromatic carbocycles. The van der Waals surface area contributed by atoms with Crippen LogP contribution in [0.1, 0.15) is 29.2 Å². The third-order valence-electron chi connectivity index (χ3n) is 9.26. The van der Waals surface area contributed by atoms with Gasteiger partial charge in [-0.15, -0.1) is 22.7 Å². The molecule has 0 aliphatic rings. The number of nitrogens with zero attached hydrogens (tertiary/aromatic N) is 2. The molecule has 0 N–H and O–H groups in total. The van der Waals surface area contributed by atoms with E-state index in [-0.39, 0.29) is 0 Å². The second-order valence-corrected chi connectivity index (χ2v) is 16.1. The Morgan fingerprint density at radius 1 is 0.511 bits per heavy atom. The van der Waals surface area contributed by atoms with E-state index in [2.05, 4.69) is 189 Å². The fourth-order valence-electron chi connectivity index (χ4n) is 6.66. The maximum Gasteiger partial charge on any atom is 0.0689 e. The van der Waals surface area contributed by atoms with Crippen molar-refractivity contribution in [2.24, 2.45) is 0 Å². The number of rotatable bonds is 6. The number of hydrogen-bond acceptors (Lipinski definition) is 4. The fraction of sp³-hybridized carbons (Fsp3) is 0.122. The lowest BCUT2D eigenvalue weighted by molar-refractivity contribution is 1.14. The molecule has 2 heterocycles. The summed E-state index contributed by atoms with van der Waals surface area (Å²) in [5.41, 5.74) is 12.7. The van der Waals surface area contributed by atoms with Gasteiger partial charge in [-0.1, -0.05) is 79.7 Å². The van der Waals surface area contributed by atoms with Gasteiger partial charge < -0.3 is 0 Å². The van der Waals surface area contributed by atoms with Crippen molar-refractivity contribution in [2.75, 3.05) is 6.23 Å². The number of fused-ring (bicyclic) bond motifs is 6. The molecule has 0 unspecified atom stereocenters. The molecular formula is C41H32I2N2S2. The van der Waals surface area contributed by atoms with Crippen LogP contribution in [0.5, 0.6) is 0 Å². The minimum Gasteiger partial charge on any atom is -0.282 e. The van der Waals surface area contributed by atoms with Crippen LogP contribution in [0.15, 0.2) is 109 Å². The van der Waals surface area contributed by atoms with Gasteiger partial charge in [0.2, 0.25) is 0 Å². The summed E-state index contributed by atoms with van der Waals surface area (Å²) in [5, 5.41) is 5.33. The number of anilines is 4. The van der Waals surface area contributed by atoms with Crippen molar-refractivity contribution < 1.29 is 0 Å². The maximum absolute atomic E-state index is 2.50. The minimum absolute atomic E-state index is 1.05. The molecule has 2 aromatic heterocycles. The molecule has 0 spiro atoms. The number of hydrogen-bond donors (Lipinski definition) is 0. The lowest BCUT2D eigenvalue weighted by Crippen LogP contribution is -2.01. The number of halogens is 2. The van der Waals surface area contributed by atoms with E-state index in [1.54, 1.807) is 0 Å². The van der Waals surface area contributed by atoms with Crippen LogP contribution in [0.2, 0.25) is 0 Å². The van der Waals surface area contributed by atoms with Crippen LogP contribution in [0.25, 0.3) is 51.5 Å². The summed E-state index contributed by atoms with van der Waals surface area (Å²) in [5.74, 6) is 0. The van der Waals surface area contributed by atoms with Crippen molar-refractivity contribution in [3.63, 3.8) is 0 Å². The van der Waals surface area contributed by atoms with Crippen molar-refractivity contribution in [3.05, 3.63) is 131 Å². The van der Waals surface area contributed by atoms with E-state index in [1.807, 2.05) is 22.7 Å². The van der Waals surface area contributed by atoms with Gasteiger partial charge in [0.05, 0.1) is 77.9 Å². The van der Waals surface area contributed by atoms with Gasteiger partial charge in [-0.05, 0) is 97.0 Å². The third-order valence-corrected chi connectivity index (χ3v) is 14.2. The van der Waals surface area contributed by atoms with E-state index in [0.717, 1.165) is 6.42 Å². The molecule has 0 bridgehead atoms. The van der Waals surface area contributed by atoms with Gasteiger partial charge in [0.1, 0.15) is 0 Å². The van der Waals surface area contributed by atoms with Gasteiger partial charge in [-0.3, -0.25) is 6.23 Å². The van der Waals surface area contributed by atoms with Crippen LogP contribution in [-0.2, 0) is 6.42 Å². The number of benzene rings is 6. The Balaban J connectivity index is 1.27. The molecule has 232 valence electrons. The Labute approximate surface area is 311 Å². The van der Waals surface area contributed by atoms with E-state index in [1.165, 1.54) is 96.5 Å². The predicted molar refractivity (Wildman–Crippen MR) is 226 cm³/mol. The first-order valence-electron chi connectivity index (χ1n) is 15.8. The normalized spacial score (nSPS) is 11.7. The first-order chi connectivity index (χ1) is 22.8. The summed E-state index contributed by atoms with van der Waals surface area (Å²) in [6, 6.07) is 40.6. The van der Waals surface area contributed by atoms with E-state index in [4.69, 9.17) is 0 Å². The first kappa shape index (κ1) is 31.1. The van der Waals surface area contributed by atoms with E-state index in [0.29, 0.717) is 0 Å². The summed E-state index contributed by atoms with van der Waals surface area (Å²) in [6.45, 7) is 8.91. The molecule has 0 saturated heterocycles. The molecule has 0 fully saturated rings. The van der Waals surface area contributed by atoms with Crippen molar-refractivity contribution in [1.82, 2.24) is 0 Å². The molecular weight excluding hydrogens is 838 g/mol. The van der Waals surface area contributed by atoms with Gasteiger partial charge in [0.25, 0.3) is 0 Å². The second-order valence-electron chi connectivity index (χ2n) is 12.2. The smallest absolute Gasteiger partial charge is 0.0689 e. The topological polar surface area (TPSA) is 6.48 Å². The lowest BCUT2D eigenvalue weighted by Gasteiger charge is -2.20. The monoisotopic (exact) mass is 870 g/mol. The van der Waals surface area contributed by atoms with Crippen LogP contribution in [0, 0.1) is 20.8 Å². The molecule has 0 aliphatic carbocycles. The zero-order chi connectivity index (χ0) is 32.4. The lowest BCUT2D eigenvalue weighted by atomic mass is 9.94. The van der Waals surface area contributed by atoms with Crippen molar-refractivity contribution in [1.29, 1.82) is 0 Å². The molecule has 0 amide bonds. The van der Waals surface area contributed by atoms with E-state index < -0.39 is 0 Å². The van der Waals surface area contributed by atoms with Crippen molar-refractivity contribution in [3.8, 4) is 11.1 Å². The second kappa shape index (κ2) is 12.4. The van der Waals surface area contributed by atoms with Gasteiger partial charge in [0.15, 0.2) is 0 Å². The SMILES string of the molecule is CCc1ccc(N(I)c2cccc3c2sc2c(C)ccc(-c4cc(N(I)c5cccc6c5sc5c(C)cccc56)ccc4C)c23)cc1. The molecule has 6 heteroatoms. The van der Waals surface area contributed by atoms with Gasteiger partial charge in [-0.25, -0.2) is 0 Å². The average molecular weight is 871 g/mol. The van der Waals surface area contributed by atoms with Gasteiger partial charge >= 0.3 is 0 Å².